The molecule has 0 bridgehead atoms. The van der Waals surface area contributed by atoms with E-state index >= 15 is 0 Å². The van der Waals surface area contributed by atoms with Crippen LogP contribution in [-0.2, 0) is 4.79 Å². The summed E-state index contributed by atoms with van der Waals surface area (Å²) in [6.07, 6.45) is 0. The molecule has 0 amide bonds. The van der Waals surface area contributed by atoms with Crippen LogP contribution < -0.4 is 4.90 Å². The number of para-hydroxylation sites is 1. The van der Waals surface area contributed by atoms with Crippen LogP contribution in [0, 0.1) is 6.92 Å². The Labute approximate surface area is 125 Å². The van der Waals surface area contributed by atoms with Crippen molar-refractivity contribution in [3.05, 3.63) is 29.8 Å². The molecular weight excluding hydrogens is 294 g/mol. The van der Waals surface area contributed by atoms with Gasteiger partial charge in [-0.3, -0.25) is 4.79 Å². The molecule has 5 nitrogen and oxygen atoms in total. The Morgan fingerprint density at radius 2 is 2.15 bits per heavy atom. The second-order valence-corrected chi connectivity index (χ2v) is 6.24. The molecule has 0 atom stereocenters. The minimum atomic E-state index is -0.849. The highest BCUT2D eigenvalue weighted by molar-refractivity contribution is 8.01. The summed E-state index contributed by atoms with van der Waals surface area (Å²) in [5, 5.41) is 17.7. The maximum atomic E-state index is 10.6. The topological polar surface area (TPSA) is 66.3 Å². The highest BCUT2D eigenvalue weighted by atomic mass is 32.2. The van der Waals surface area contributed by atoms with E-state index in [1.54, 1.807) is 0 Å². The molecule has 20 heavy (non-hydrogen) atoms. The van der Waals surface area contributed by atoms with Crippen molar-refractivity contribution in [2.75, 3.05) is 17.2 Å². The molecule has 1 aromatic heterocycles. The number of hydrogen-bond donors (Lipinski definition) is 1. The fourth-order valence-corrected chi connectivity index (χ4v) is 3.41. The minimum absolute atomic E-state index is 0.00508. The number of aromatic nitrogens is 2. The van der Waals surface area contributed by atoms with Crippen LogP contribution in [0.2, 0.25) is 0 Å². The number of nitrogens with zero attached hydrogens (tertiary/aromatic N) is 3. The predicted octanol–water partition coefficient (Wildman–Crippen LogP) is 3.18. The molecule has 0 radical (unpaired) electrons. The number of hydrogen-bond acceptors (Lipinski definition) is 6. The number of thioether (sulfide) groups is 1. The lowest BCUT2D eigenvalue weighted by Gasteiger charge is -2.21. The van der Waals surface area contributed by atoms with Gasteiger partial charge in [0.05, 0.1) is 5.75 Å². The summed E-state index contributed by atoms with van der Waals surface area (Å²) in [6, 6.07) is 8.09. The van der Waals surface area contributed by atoms with Crippen LogP contribution in [0.4, 0.5) is 10.8 Å². The normalized spacial score (nSPS) is 10.5. The van der Waals surface area contributed by atoms with Crippen LogP contribution in [-0.4, -0.2) is 33.6 Å². The molecule has 0 spiro atoms. The fourth-order valence-electron chi connectivity index (χ4n) is 1.77. The van der Waals surface area contributed by atoms with Crippen molar-refractivity contribution in [3.63, 3.8) is 0 Å². The van der Waals surface area contributed by atoms with Gasteiger partial charge in [-0.25, -0.2) is 0 Å². The van der Waals surface area contributed by atoms with E-state index in [1.807, 2.05) is 18.2 Å². The summed E-state index contributed by atoms with van der Waals surface area (Å²) in [5.41, 5.74) is 2.27. The Bertz CT molecular complexity index is 601. The van der Waals surface area contributed by atoms with Gasteiger partial charge in [-0.05, 0) is 25.5 Å². The van der Waals surface area contributed by atoms with Crippen molar-refractivity contribution in [1.29, 1.82) is 0 Å². The standard InChI is InChI=1S/C13H15N3O2S2/c1-3-16(10-7-5-4-6-9(10)2)12-14-15-13(20-12)19-8-11(17)18/h4-7H,3,8H2,1-2H3,(H,17,18). The second-order valence-electron chi connectivity index (χ2n) is 4.06. The van der Waals surface area contributed by atoms with Gasteiger partial charge in [0.15, 0.2) is 4.34 Å². The number of carbonyl (C=O) groups is 1. The van der Waals surface area contributed by atoms with Crippen LogP contribution in [0.15, 0.2) is 28.6 Å². The predicted molar refractivity (Wildman–Crippen MR) is 82.1 cm³/mol. The summed E-state index contributed by atoms with van der Waals surface area (Å²) < 4.78 is 0.675. The molecule has 0 saturated heterocycles. The van der Waals surface area contributed by atoms with Crippen molar-refractivity contribution in [3.8, 4) is 0 Å². The quantitative estimate of drug-likeness (QED) is 0.827. The van der Waals surface area contributed by atoms with Gasteiger partial charge >= 0.3 is 5.97 Å². The van der Waals surface area contributed by atoms with Gasteiger partial charge in [-0.15, -0.1) is 10.2 Å². The zero-order valence-electron chi connectivity index (χ0n) is 11.2. The van der Waals surface area contributed by atoms with Crippen LogP contribution in [0.3, 0.4) is 0 Å². The summed E-state index contributed by atoms with van der Waals surface area (Å²) >= 11 is 2.61. The first-order valence-electron chi connectivity index (χ1n) is 6.13. The van der Waals surface area contributed by atoms with E-state index in [0.29, 0.717) is 4.34 Å². The Hall–Kier alpha value is -1.60. The Kier molecular flexibility index (Phi) is 4.97. The van der Waals surface area contributed by atoms with Crippen LogP contribution >= 0.6 is 23.1 Å². The summed E-state index contributed by atoms with van der Waals surface area (Å²) in [6.45, 7) is 4.89. The van der Waals surface area contributed by atoms with Gasteiger partial charge in [-0.1, -0.05) is 41.3 Å². The lowest BCUT2D eigenvalue weighted by Crippen LogP contribution is -2.16. The maximum Gasteiger partial charge on any atom is 0.313 e. The maximum absolute atomic E-state index is 10.6. The van der Waals surface area contributed by atoms with Gasteiger partial charge in [0.2, 0.25) is 5.13 Å². The number of carboxylic acids is 1. The molecular formula is C13H15N3O2S2. The summed E-state index contributed by atoms with van der Waals surface area (Å²) in [5.74, 6) is -0.844. The molecule has 0 aliphatic carbocycles. The number of carboxylic acid groups (broad SMARTS) is 1. The van der Waals surface area contributed by atoms with Crippen LogP contribution in [0.25, 0.3) is 0 Å². The first-order chi connectivity index (χ1) is 9.61. The Morgan fingerprint density at radius 1 is 1.40 bits per heavy atom. The van der Waals surface area contributed by atoms with Crippen molar-refractivity contribution in [1.82, 2.24) is 10.2 Å². The number of benzene rings is 1. The van der Waals surface area contributed by atoms with Gasteiger partial charge in [0.25, 0.3) is 0 Å². The van der Waals surface area contributed by atoms with Crippen molar-refractivity contribution >= 4 is 39.9 Å². The average Bonchev–Trinajstić information content (AvgIpc) is 2.88. The second kappa shape index (κ2) is 6.71. The zero-order chi connectivity index (χ0) is 14.5. The molecule has 0 fully saturated rings. The first kappa shape index (κ1) is 14.8. The molecule has 1 aromatic carbocycles. The van der Waals surface area contributed by atoms with E-state index in [-0.39, 0.29) is 5.75 Å². The average molecular weight is 309 g/mol. The molecule has 0 unspecified atom stereocenters. The number of aryl methyl sites for hydroxylation is 1. The van der Waals surface area contributed by atoms with Crippen molar-refractivity contribution < 1.29 is 9.90 Å². The number of anilines is 2. The third kappa shape index (κ3) is 3.49. The SMILES string of the molecule is CCN(c1nnc(SCC(=O)O)s1)c1ccccc1C. The molecule has 106 valence electrons. The minimum Gasteiger partial charge on any atom is -0.481 e. The van der Waals surface area contributed by atoms with E-state index in [0.717, 1.165) is 17.4 Å². The molecule has 1 N–H and O–H groups in total. The molecule has 0 saturated carbocycles. The van der Waals surface area contributed by atoms with Gasteiger partial charge in [-0.2, -0.15) is 0 Å². The van der Waals surface area contributed by atoms with Gasteiger partial charge in [0.1, 0.15) is 0 Å². The Morgan fingerprint density at radius 3 is 2.80 bits per heavy atom. The summed E-state index contributed by atoms with van der Waals surface area (Å²) in [4.78, 5) is 12.6. The first-order valence-corrected chi connectivity index (χ1v) is 7.93. The fraction of sp³-hybridized carbons (Fsp3) is 0.308. The molecule has 0 aliphatic rings. The van der Waals surface area contributed by atoms with E-state index in [4.69, 9.17) is 5.11 Å². The monoisotopic (exact) mass is 309 g/mol. The summed E-state index contributed by atoms with van der Waals surface area (Å²) in [7, 11) is 0. The third-order valence-corrected chi connectivity index (χ3v) is 4.73. The number of aliphatic carboxylic acids is 1. The molecule has 1 heterocycles. The molecule has 2 aromatic rings. The largest absolute Gasteiger partial charge is 0.481 e. The smallest absolute Gasteiger partial charge is 0.313 e. The van der Waals surface area contributed by atoms with E-state index < -0.39 is 5.97 Å². The van der Waals surface area contributed by atoms with Crippen LogP contribution in [0.5, 0.6) is 0 Å². The van der Waals surface area contributed by atoms with Crippen LogP contribution in [0.1, 0.15) is 12.5 Å². The molecule has 2 rings (SSSR count). The van der Waals surface area contributed by atoms with E-state index in [9.17, 15) is 4.79 Å². The highest BCUT2D eigenvalue weighted by Crippen LogP contribution is 2.33. The number of rotatable bonds is 6. The van der Waals surface area contributed by atoms with E-state index in [1.165, 1.54) is 28.7 Å². The van der Waals surface area contributed by atoms with Crippen molar-refractivity contribution in [2.24, 2.45) is 0 Å². The molecule has 7 heteroatoms. The van der Waals surface area contributed by atoms with Crippen molar-refractivity contribution in [2.45, 2.75) is 18.2 Å². The molecule has 0 aliphatic heterocycles. The lowest BCUT2D eigenvalue weighted by molar-refractivity contribution is -0.133. The highest BCUT2D eigenvalue weighted by Gasteiger charge is 2.15. The van der Waals surface area contributed by atoms with Gasteiger partial charge < -0.3 is 10.0 Å². The third-order valence-electron chi connectivity index (χ3n) is 2.67. The van der Waals surface area contributed by atoms with Gasteiger partial charge in [0, 0.05) is 12.2 Å². The van der Waals surface area contributed by atoms with E-state index in [2.05, 4.69) is 35.0 Å². The lowest BCUT2D eigenvalue weighted by atomic mass is 10.2. The Balaban J connectivity index is 2.20. The zero-order valence-corrected chi connectivity index (χ0v) is 12.9.